The molecule has 0 N–H and O–H groups in total. The molecule has 0 aliphatic heterocycles. The van der Waals surface area contributed by atoms with E-state index >= 15 is 0 Å². The van der Waals surface area contributed by atoms with Gasteiger partial charge in [0.15, 0.2) is 0 Å². The Morgan fingerprint density at radius 1 is 1.22 bits per heavy atom. The third-order valence-corrected chi connectivity index (χ3v) is 3.09. The summed E-state index contributed by atoms with van der Waals surface area (Å²) in [5.41, 5.74) is 0.264. The van der Waals surface area contributed by atoms with Gasteiger partial charge in [0.2, 0.25) is 5.82 Å². The van der Waals surface area contributed by atoms with E-state index in [2.05, 4.69) is 14.4 Å². The number of aromatic nitrogens is 2. The first-order valence-electron chi connectivity index (χ1n) is 4.96. The third kappa shape index (κ3) is 4.26. The normalized spacial score (nSPS) is 15.1. The summed E-state index contributed by atoms with van der Waals surface area (Å²) in [7, 11) is 0. The summed E-state index contributed by atoms with van der Waals surface area (Å²) < 4.78 is 51.3. The average molecular weight is 279 g/mol. The monoisotopic (exact) mass is 279 g/mol. The van der Waals surface area contributed by atoms with Gasteiger partial charge in [-0.05, 0) is 20.8 Å². The Morgan fingerprint density at radius 2 is 1.72 bits per heavy atom. The van der Waals surface area contributed by atoms with Crippen molar-refractivity contribution >= 4 is 17.6 Å². The van der Waals surface area contributed by atoms with Crippen LogP contribution in [0, 0.1) is 0 Å². The molecule has 1 atom stereocenters. The molecule has 1 aromatic heterocycles. The molecule has 100 valence electrons. The number of halogens is 3. The van der Waals surface area contributed by atoms with Crippen LogP contribution in [0.1, 0.15) is 32.2 Å². The van der Waals surface area contributed by atoms with Crippen LogP contribution in [-0.4, -0.2) is 25.5 Å². The molecular weight excluding hydrogens is 267 g/mol. The Hall–Kier alpha value is -1.15. The van der Waals surface area contributed by atoms with Gasteiger partial charge in [-0.25, -0.2) is 9.97 Å². The van der Waals surface area contributed by atoms with Crippen molar-refractivity contribution in [3.63, 3.8) is 0 Å². The van der Waals surface area contributed by atoms with E-state index in [1.165, 1.54) is 6.21 Å². The molecule has 0 aliphatic carbocycles. The fourth-order valence-electron chi connectivity index (χ4n) is 0.818. The number of nitrogens with zero attached hydrogens (tertiary/aromatic N) is 3. The summed E-state index contributed by atoms with van der Waals surface area (Å²) in [6.45, 7) is 5.22. The number of alkyl halides is 3. The van der Waals surface area contributed by atoms with Crippen LogP contribution >= 0.6 is 0 Å². The van der Waals surface area contributed by atoms with E-state index in [1.54, 1.807) is 20.8 Å². The number of hydrogen-bond acceptors (Lipinski definition) is 4. The topological polar surface area (TPSA) is 61.2 Å². The second-order valence-electron chi connectivity index (χ2n) is 4.43. The van der Waals surface area contributed by atoms with Crippen molar-refractivity contribution in [2.75, 3.05) is 0 Å². The second kappa shape index (κ2) is 5.23. The quantitative estimate of drug-likeness (QED) is 0.617. The van der Waals surface area contributed by atoms with Gasteiger partial charge in [-0.2, -0.15) is 13.2 Å². The molecule has 0 saturated carbocycles. The molecule has 4 nitrogen and oxygen atoms in total. The lowest BCUT2D eigenvalue weighted by Gasteiger charge is -2.17. The average Bonchev–Trinajstić information content (AvgIpc) is 2.24. The Morgan fingerprint density at radius 3 is 2.11 bits per heavy atom. The van der Waals surface area contributed by atoms with Crippen LogP contribution in [-0.2, 0) is 17.5 Å². The molecular formula is C10H12F3N3OS. The highest BCUT2D eigenvalue weighted by molar-refractivity contribution is 7.91. The van der Waals surface area contributed by atoms with Crippen LogP contribution in [0.15, 0.2) is 16.8 Å². The Bertz CT molecular complexity index is 425. The molecule has 1 aromatic rings. The van der Waals surface area contributed by atoms with Crippen molar-refractivity contribution in [2.24, 2.45) is 4.40 Å². The minimum absolute atomic E-state index is 0.264. The zero-order valence-electron chi connectivity index (χ0n) is 10.0. The van der Waals surface area contributed by atoms with Gasteiger partial charge in [-0.3, -0.25) is 0 Å². The molecule has 0 amide bonds. The highest BCUT2D eigenvalue weighted by Crippen LogP contribution is 2.25. The molecule has 0 radical (unpaired) electrons. The van der Waals surface area contributed by atoms with Gasteiger partial charge in [-0.1, -0.05) is 4.40 Å². The Labute approximate surface area is 106 Å². The van der Waals surface area contributed by atoms with Gasteiger partial charge in [-0.15, -0.1) is 0 Å². The lowest BCUT2D eigenvalue weighted by molar-refractivity contribution is -0.145. The molecule has 1 unspecified atom stereocenters. The van der Waals surface area contributed by atoms with Crippen molar-refractivity contribution in [1.29, 1.82) is 0 Å². The largest absolute Gasteiger partial charge is 0.591 e. The molecule has 0 aliphatic rings. The lowest BCUT2D eigenvalue weighted by Crippen LogP contribution is -2.25. The van der Waals surface area contributed by atoms with Gasteiger partial charge in [0.1, 0.15) is 16.1 Å². The van der Waals surface area contributed by atoms with Crippen LogP contribution in [0.4, 0.5) is 13.2 Å². The van der Waals surface area contributed by atoms with Crippen LogP contribution in [0.2, 0.25) is 0 Å². The van der Waals surface area contributed by atoms with Crippen LogP contribution < -0.4 is 0 Å². The zero-order valence-corrected chi connectivity index (χ0v) is 10.8. The van der Waals surface area contributed by atoms with E-state index < -0.39 is 28.1 Å². The van der Waals surface area contributed by atoms with Crippen molar-refractivity contribution in [1.82, 2.24) is 9.97 Å². The van der Waals surface area contributed by atoms with Gasteiger partial charge in [0, 0.05) is 18.0 Å². The summed E-state index contributed by atoms with van der Waals surface area (Å²) in [5, 5.41) is 0. The van der Waals surface area contributed by atoms with Gasteiger partial charge >= 0.3 is 6.18 Å². The van der Waals surface area contributed by atoms with Gasteiger partial charge in [0.25, 0.3) is 0 Å². The summed E-state index contributed by atoms with van der Waals surface area (Å²) in [6, 6.07) is 0. The van der Waals surface area contributed by atoms with Crippen LogP contribution in [0.3, 0.4) is 0 Å². The second-order valence-corrected chi connectivity index (χ2v) is 6.37. The van der Waals surface area contributed by atoms with E-state index in [4.69, 9.17) is 0 Å². The SMILES string of the molecule is CC(C)(C)[S+]([O-])/N=C/c1cnc(C(F)(F)F)nc1. The molecule has 8 heteroatoms. The van der Waals surface area contributed by atoms with Crippen LogP contribution in [0.5, 0.6) is 0 Å². The van der Waals surface area contributed by atoms with Crippen LogP contribution in [0.25, 0.3) is 0 Å². The smallest absolute Gasteiger partial charge is 0.451 e. The fourth-order valence-corrected chi connectivity index (χ4v) is 1.35. The first-order chi connectivity index (χ1) is 8.10. The molecule has 0 saturated heterocycles. The van der Waals surface area contributed by atoms with E-state index in [9.17, 15) is 17.7 Å². The zero-order chi connectivity index (χ0) is 14.0. The Kier molecular flexibility index (Phi) is 4.33. The number of hydrogen-bond donors (Lipinski definition) is 0. The van der Waals surface area contributed by atoms with E-state index in [0.717, 1.165) is 12.4 Å². The molecule has 0 spiro atoms. The minimum Gasteiger partial charge on any atom is -0.591 e. The lowest BCUT2D eigenvalue weighted by atomic mass is 10.3. The first kappa shape index (κ1) is 14.9. The molecule has 0 aromatic carbocycles. The predicted octanol–water partition coefficient (Wildman–Crippen LogP) is 2.38. The maximum atomic E-state index is 12.2. The van der Waals surface area contributed by atoms with E-state index in [-0.39, 0.29) is 5.56 Å². The fraction of sp³-hybridized carbons (Fsp3) is 0.500. The van der Waals surface area contributed by atoms with E-state index in [0.29, 0.717) is 0 Å². The maximum absolute atomic E-state index is 12.2. The summed E-state index contributed by atoms with van der Waals surface area (Å²) >= 11 is -1.47. The first-order valence-corrected chi connectivity index (χ1v) is 6.06. The molecule has 0 fully saturated rings. The van der Waals surface area contributed by atoms with Gasteiger partial charge < -0.3 is 4.55 Å². The van der Waals surface area contributed by atoms with Crippen molar-refractivity contribution < 1.29 is 17.7 Å². The molecule has 18 heavy (non-hydrogen) atoms. The maximum Gasteiger partial charge on any atom is 0.451 e. The highest BCUT2D eigenvalue weighted by atomic mass is 32.2. The number of rotatable bonds is 2. The van der Waals surface area contributed by atoms with Crippen molar-refractivity contribution in [3.05, 3.63) is 23.8 Å². The molecule has 1 rings (SSSR count). The predicted molar refractivity (Wildman–Crippen MR) is 62.5 cm³/mol. The molecule has 1 heterocycles. The Balaban J connectivity index is 2.79. The van der Waals surface area contributed by atoms with Gasteiger partial charge in [0.05, 0.1) is 6.21 Å². The molecule has 0 bridgehead atoms. The minimum atomic E-state index is -4.57. The highest BCUT2D eigenvalue weighted by Gasteiger charge is 2.34. The van der Waals surface area contributed by atoms with Crippen molar-refractivity contribution in [3.8, 4) is 0 Å². The standard InChI is InChI=1S/C10H12F3N3OS/c1-9(2,3)18(17)16-6-7-4-14-8(15-5-7)10(11,12)13/h4-6H,1-3H3/b16-6+. The summed E-state index contributed by atoms with van der Waals surface area (Å²) in [4.78, 5) is 6.33. The van der Waals surface area contributed by atoms with E-state index in [1.807, 2.05) is 0 Å². The van der Waals surface area contributed by atoms with Crippen molar-refractivity contribution in [2.45, 2.75) is 31.7 Å². The summed E-state index contributed by atoms with van der Waals surface area (Å²) in [5.74, 6) is -1.21. The third-order valence-electron chi connectivity index (χ3n) is 1.75. The summed E-state index contributed by atoms with van der Waals surface area (Å²) in [6.07, 6.45) is -1.40.